The Morgan fingerprint density at radius 3 is 2.61 bits per heavy atom. The van der Waals surface area contributed by atoms with Gasteiger partial charge in [0.1, 0.15) is 21.9 Å². The Hall–Kier alpha value is -2.87. The SMILES string of the molecule is Cc1cnc2c(Cc3ccc(F)c([C@]4(C)CS(=O)(=O)C5(CCCC5)C(N)=N4)c3)nccc2c1. The lowest BCUT2D eigenvalue weighted by Crippen LogP contribution is -2.56. The normalized spacial score (nSPS) is 23.7. The standard InChI is InChI=1S/C25H27FN4O2S/c1-16-11-18-7-10-28-21(22(18)29-14-16)13-17-5-6-20(26)19(12-17)24(2)15-33(31,32)25(23(27)30-24)8-3-4-9-25/h5-7,10-12,14H,3-4,8-9,13,15H2,1-2H3,(H2,27,30)/t24-/m0/s1. The number of pyridine rings is 2. The first kappa shape index (κ1) is 21.9. The van der Waals surface area contributed by atoms with Crippen LogP contribution in [0.1, 0.15) is 55.0 Å². The fourth-order valence-corrected chi connectivity index (χ4v) is 7.88. The van der Waals surface area contributed by atoms with Gasteiger partial charge in [-0.2, -0.15) is 0 Å². The molecule has 6 nitrogen and oxygen atoms in total. The maximum atomic E-state index is 15.1. The van der Waals surface area contributed by atoms with Crippen molar-refractivity contribution >= 4 is 26.6 Å². The van der Waals surface area contributed by atoms with Crippen molar-refractivity contribution < 1.29 is 12.8 Å². The summed E-state index contributed by atoms with van der Waals surface area (Å²) in [5.74, 6) is -0.627. The number of nitrogens with two attached hydrogens (primary N) is 1. The highest BCUT2D eigenvalue weighted by Gasteiger charge is 2.55. The van der Waals surface area contributed by atoms with Gasteiger partial charge < -0.3 is 5.73 Å². The number of nitrogens with zero attached hydrogens (tertiary/aromatic N) is 3. The van der Waals surface area contributed by atoms with Crippen LogP contribution in [-0.4, -0.2) is 34.7 Å². The van der Waals surface area contributed by atoms with E-state index >= 15 is 4.39 Å². The third kappa shape index (κ3) is 3.51. The van der Waals surface area contributed by atoms with E-state index in [-0.39, 0.29) is 17.2 Å². The topological polar surface area (TPSA) is 98.3 Å². The summed E-state index contributed by atoms with van der Waals surface area (Å²) in [7, 11) is -3.59. The van der Waals surface area contributed by atoms with E-state index in [9.17, 15) is 8.42 Å². The number of sulfone groups is 1. The predicted octanol–water partition coefficient (Wildman–Crippen LogP) is 3.98. The van der Waals surface area contributed by atoms with Crippen molar-refractivity contribution in [1.82, 2.24) is 9.97 Å². The first-order chi connectivity index (χ1) is 15.6. The molecule has 2 N–H and O–H groups in total. The molecule has 1 aromatic carbocycles. The Kier molecular flexibility index (Phi) is 5.04. The zero-order chi connectivity index (χ0) is 23.4. The molecule has 1 aliphatic heterocycles. The van der Waals surface area contributed by atoms with Crippen LogP contribution >= 0.6 is 0 Å². The van der Waals surface area contributed by atoms with Crippen molar-refractivity contribution in [2.24, 2.45) is 10.7 Å². The van der Waals surface area contributed by atoms with Gasteiger partial charge in [0.2, 0.25) is 0 Å². The van der Waals surface area contributed by atoms with E-state index in [0.717, 1.165) is 40.6 Å². The molecule has 172 valence electrons. The maximum Gasteiger partial charge on any atom is 0.165 e. The van der Waals surface area contributed by atoms with E-state index < -0.39 is 25.9 Å². The van der Waals surface area contributed by atoms with Crippen LogP contribution in [0.25, 0.3) is 10.9 Å². The Labute approximate surface area is 193 Å². The van der Waals surface area contributed by atoms with Crippen molar-refractivity contribution in [3.63, 3.8) is 0 Å². The molecule has 0 bridgehead atoms. The summed E-state index contributed by atoms with van der Waals surface area (Å²) < 4.78 is 40.7. The molecule has 2 aromatic heterocycles. The lowest BCUT2D eigenvalue weighted by molar-refractivity contribution is 0.467. The van der Waals surface area contributed by atoms with E-state index in [0.29, 0.717) is 19.3 Å². The molecule has 3 aromatic rings. The molecule has 0 radical (unpaired) electrons. The van der Waals surface area contributed by atoms with E-state index in [1.807, 2.05) is 19.1 Å². The summed E-state index contributed by atoms with van der Waals surface area (Å²) in [6.07, 6.45) is 6.57. The first-order valence-corrected chi connectivity index (χ1v) is 12.9. The second-order valence-corrected chi connectivity index (χ2v) is 11.9. The molecule has 2 aliphatic rings. The Balaban J connectivity index is 1.56. The van der Waals surface area contributed by atoms with Crippen LogP contribution in [-0.2, 0) is 21.8 Å². The molecule has 3 heterocycles. The minimum Gasteiger partial charge on any atom is -0.386 e. The highest BCUT2D eigenvalue weighted by atomic mass is 32.2. The molecule has 33 heavy (non-hydrogen) atoms. The van der Waals surface area contributed by atoms with Crippen LogP contribution in [0.4, 0.5) is 4.39 Å². The van der Waals surface area contributed by atoms with Crippen molar-refractivity contribution in [3.8, 4) is 0 Å². The summed E-state index contributed by atoms with van der Waals surface area (Å²) in [5.41, 5.74) is 8.68. The monoisotopic (exact) mass is 466 g/mol. The number of halogens is 1. The summed E-state index contributed by atoms with van der Waals surface area (Å²) in [5, 5.41) is 0.993. The zero-order valence-corrected chi connectivity index (χ0v) is 19.6. The highest BCUT2D eigenvalue weighted by Crippen LogP contribution is 2.45. The molecule has 1 atom stereocenters. The zero-order valence-electron chi connectivity index (χ0n) is 18.8. The van der Waals surface area contributed by atoms with Gasteiger partial charge in [0.15, 0.2) is 9.84 Å². The van der Waals surface area contributed by atoms with Gasteiger partial charge >= 0.3 is 0 Å². The maximum absolute atomic E-state index is 15.1. The smallest absolute Gasteiger partial charge is 0.165 e. The minimum absolute atomic E-state index is 0.119. The number of rotatable bonds is 3. The molecule has 1 saturated carbocycles. The molecule has 0 amide bonds. The van der Waals surface area contributed by atoms with Crippen LogP contribution in [0.3, 0.4) is 0 Å². The Morgan fingerprint density at radius 2 is 1.88 bits per heavy atom. The van der Waals surface area contributed by atoms with Crippen molar-refractivity contribution in [1.29, 1.82) is 0 Å². The van der Waals surface area contributed by atoms with Crippen molar-refractivity contribution in [2.75, 3.05) is 5.75 Å². The molecule has 5 rings (SSSR count). The number of aryl methyl sites for hydroxylation is 1. The van der Waals surface area contributed by atoms with Gasteiger partial charge in [0.05, 0.1) is 17.0 Å². The van der Waals surface area contributed by atoms with Crippen LogP contribution in [0.15, 0.2) is 47.7 Å². The number of fused-ring (bicyclic) bond motifs is 1. The molecule has 8 heteroatoms. The van der Waals surface area contributed by atoms with Crippen LogP contribution in [0, 0.1) is 12.7 Å². The predicted molar refractivity (Wildman–Crippen MR) is 127 cm³/mol. The van der Waals surface area contributed by atoms with Gasteiger partial charge in [-0.15, -0.1) is 0 Å². The van der Waals surface area contributed by atoms with Crippen molar-refractivity contribution in [3.05, 3.63) is 70.9 Å². The molecule has 0 unspecified atom stereocenters. The summed E-state index contributed by atoms with van der Waals surface area (Å²) in [6.45, 7) is 3.64. The fraction of sp³-hybridized carbons (Fsp3) is 0.400. The lowest BCUT2D eigenvalue weighted by Gasteiger charge is -2.39. The third-order valence-electron chi connectivity index (χ3n) is 7.11. The van der Waals surface area contributed by atoms with Gasteiger partial charge in [-0.3, -0.25) is 15.0 Å². The minimum atomic E-state index is -3.59. The lowest BCUT2D eigenvalue weighted by atomic mass is 9.90. The highest BCUT2D eigenvalue weighted by molar-refractivity contribution is 7.93. The summed E-state index contributed by atoms with van der Waals surface area (Å²) >= 11 is 0. The Morgan fingerprint density at radius 1 is 1.12 bits per heavy atom. The molecule has 1 spiro atoms. The fourth-order valence-electron chi connectivity index (χ4n) is 5.37. The van der Waals surface area contributed by atoms with Crippen LogP contribution < -0.4 is 5.73 Å². The number of aliphatic imine (C=N–C) groups is 1. The van der Waals surface area contributed by atoms with Gasteiger partial charge in [-0.05, 0) is 56.0 Å². The Bertz CT molecular complexity index is 1400. The molecule has 0 saturated heterocycles. The summed E-state index contributed by atoms with van der Waals surface area (Å²) in [6, 6.07) is 8.73. The molecular weight excluding hydrogens is 439 g/mol. The van der Waals surface area contributed by atoms with Gasteiger partial charge in [-0.25, -0.2) is 12.8 Å². The van der Waals surface area contributed by atoms with Gasteiger partial charge in [0.25, 0.3) is 0 Å². The quantitative estimate of drug-likeness (QED) is 0.630. The van der Waals surface area contributed by atoms with Crippen LogP contribution in [0.2, 0.25) is 0 Å². The van der Waals surface area contributed by atoms with Gasteiger partial charge in [-0.1, -0.05) is 25.0 Å². The number of amidine groups is 1. The van der Waals surface area contributed by atoms with E-state index in [1.165, 1.54) is 6.07 Å². The van der Waals surface area contributed by atoms with Crippen LogP contribution in [0.5, 0.6) is 0 Å². The largest absolute Gasteiger partial charge is 0.386 e. The average Bonchev–Trinajstić information content (AvgIpc) is 3.26. The molecule has 1 aliphatic carbocycles. The third-order valence-corrected chi connectivity index (χ3v) is 9.86. The van der Waals surface area contributed by atoms with E-state index in [4.69, 9.17) is 5.73 Å². The number of aromatic nitrogens is 2. The molecule has 1 fully saturated rings. The second-order valence-electron chi connectivity index (χ2n) is 9.56. The second kappa shape index (κ2) is 7.58. The number of benzene rings is 1. The van der Waals surface area contributed by atoms with E-state index in [2.05, 4.69) is 15.0 Å². The van der Waals surface area contributed by atoms with Crippen molar-refractivity contribution in [2.45, 2.75) is 56.2 Å². The number of hydrogen-bond acceptors (Lipinski definition) is 6. The van der Waals surface area contributed by atoms with Gasteiger partial charge in [0, 0.05) is 29.8 Å². The van der Waals surface area contributed by atoms with E-state index in [1.54, 1.807) is 31.5 Å². The summed E-state index contributed by atoms with van der Waals surface area (Å²) in [4.78, 5) is 13.7. The molecular formula is C25H27FN4O2S. The first-order valence-electron chi connectivity index (χ1n) is 11.2. The number of hydrogen-bond donors (Lipinski definition) is 1. The average molecular weight is 467 g/mol.